The van der Waals surface area contributed by atoms with E-state index in [1.807, 2.05) is 0 Å². The summed E-state index contributed by atoms with van der Waals surface area (Å²) < 4.78 is 4.99. The maximum atomic E-state index is 10.2. The van der Waals surface area contributed by atoms with Crippen molar-refractivity contribution in [2.75, 3.05) is 19.1 Å². The molecule has 0 aliphatic heterocycles. The van der Waals surface area contributed by atoms with Crippen LogP contribution < -0.4 is 0 Å². The molecule has 2 nitrogen and oxygen atoms in total. The molecule has 0 unspecified atom stereocenters. The van der Waals surface area contributed by atoms with Gasteiger partial charge in [0.25, 0.3) is 0 Å². The Balaban J connectivity index is 2.84. The first-order valence-electron chi connectivity index (χ1n) is 3.09. The summed E-state index contributed by atoms with van der Waals surface area (Å²) in [7, 11) is 0. The third-order valence-corrected chi connectivity index (χ3v) is 1.23. The predicted molar refractivity (Wildman–Crippen MR) is 41.6 cm³/mol. The molecular weight excluding hydrogens is 175 g/mol. The standard InChI is InChI=1S/C6H10Cl2O2/c7-3-5-10-4-1-2-6(8)9/h1-5H2. The van der Waals surface area contributed by atoms with Crippen LogP contribution in [0.25, 0.3) is 0 Å². The highest BCUT2D eigenvalue weighted by atomic mass is 35.5. The van der Waals surface area contributed by atoms with E-state index in [9.17, 15) is 4.79 Å². The normalized spacial score (nSPS) is 9.80. The molecule has 0 aromatic carbocycles. The molecule has 0 spiro atoms. The van der Waals surface area contributed by atoms with Crippen LogP contribution in [0.2, 0.25) is 0 Å². The van der Waals surface area contributed by atoms with Gasteiger partial charge in [0.15, 0.2) is 0 Å². The van der Waals surface area contributed by atoms with Crippen molar-refractivity contribution in [1.82, 2.24) is 0 Å². The zero-order chi connectivity index (χ0) is 7.82. The van der Waals surface area contributed by atoms with Crippen molar-refractivity contribution in [3.8, 4) is 0 Å². The van der Waals surface area contributed by atoms with Crippen LogP contribution in [-0.4, -0.2) is 24.3 Å². The molecule has 0 saturated heterocycles. The van der Waals surface area contributed by atoms with Gasteiger partial charge in [-0.15, -0.1) is 11.6 Å². The minimum atomic E-state index is -0.311. The topological polar surface area (TPSA) is 26.3 Å². The average Bonchev–Trinajstić information content (AvgIpc) is 1.87. The highest BCUT2D eigenvalue weighted by Gasteiger charge is 1.94. The van der Waals surface area contributed by atoms with Gasteiger partial charge in [-0.05, 0) is 18.0 Å². The van der Waals surface area contributed by atoms with Gasteiger partial charge in [-0.1, -0.05) is 0 Å². The van der Waals surface area contributed by atoms with Gasteiger partial charge in [-0.3, -0.25) is 4.79 Å². The lowest BCUT2D eigenvalue weighted by Gasteiger charge is -1.97. The van der Waals surface area contributed by atoms with Gasteiger partial charge in [-0.25, -0.2) is 0 Å². The van der Waals surface area contributed by atoms with E-state index in [1.165, 1.54) is 0 Å². The summed E-state index contributed by atoms with van der Waals surface area (Å²) >= 11 is 10.4. The largest absolute Gasteiger partial charge is 0.380 e. The fourth-order valence-corrected chi connectivity index (χ4v) is 0.713. The van der Waals surface area contributed by atoms with Crippen molar-refractivity contribution in [2.24, 2.45) is 0 Å². The first-order chi connectivity index (χ1) is 4.77. The number of carbonyl (C=O) groups is 1. The molecule has 0 bridgehead atoms. The first kappa shape index (κ1) is 10.2. The third kappa shape index (κ3) is 8.21. The molecule has 0 atom stereocenters. The minimum absolute atomic E-state index is 0.311. The van der Waals surface area contributed by atoms with Gasteiger partial charge in [0, 0.05) is 18.9 Å². The number of carbonyl (C=O) groups excluding carboxylic acids is 1. The molecule has 10 heavy (non-hydrogen) atoms. The van der Waals surface area contributed by atoms with Gasteiger partial charge in [-0.2, -0.15) is 0 Å². The Morgan fingerprint density at radius 1 is 1.40 bits per heavy atom. The third-order valence-electron chi connectivity index (χ3n) is 0.883. The molecule has 0 rings (SSSR count). The molecule has 60 valence electrons. The van der Waals surface area contributed by atoms with Crippen LogP contribution in [-0.2, 0) is 9.53 Å². The second-order valence-electron chi connectivity index (χ2n) is 1.76. The Hall–Kier alpha value is 0.210. The molecule has 0 heterocycles. The Morgan fingerprint density at radius 3 is 2.60 bits per heavy atom. The van der Waals surface area contributed by atoms with Crippen molar-refractivity contribution in [3.05, 3.63) is 0 Å². The number of ether oxygens (including phenoxy) is 1. The lowest BCUT2D eigenvalue weighted by Crippen LogP contribution is -1.99. The second kappa shape index (κ2) is 7.32. The van der Waals surface area contributed by atoms with Crippen molar-refractivity contribution in [3.63, 3.8) is 0 Å². The number of hydrogen-bond donors (Lipinski definition) is 0. The summed E-state index contributed by atoms with van der Waals surface area (Å²) in [5.41, 5.74) is 0. The molecule has 0 radical (unpaired) electrons. The average molecular weight is 185 g/mol. The van der Waals surface area contributed by atoms with Crippen LogP contribution in [0.4, 0.5) is 0 Å². The number of hydrogen-bond acceptors (Lipinski definition) is 2. The molecule has 0 aromatic heterocycles. The molecular formula is C6H10Cl2O2. The Kier molecular flexibility index (Phi) is 7.47. The van der Waals surface area contributed by atoms with Crippen LogP contribution in [0.5, 0.6) is 0 Å². The Labute approximate surface area is 70.4 Å². The summed E-state index contributed by atoms with van der Waals surface area (Å²) in [5.74, 6) is 0.495. The van der Waals surface area contributed by atoms with Crippen LogP contribution in [0.3, 0.4) is 0 Å². The van der Waals surface area contributed by atoms with Crippen LogP contribution in [0.15, 0.2) is 0 Å². The molecule has 0 aliphatic carbocycles. The van der Waals surface area contributed by atoms with Crippen molar-refractivity contribution >= 4 is 28.4 Å². The van der Waals surface area contributed by atoms with Gasteiger partial charge < -0.3 is 4.74 Å². The lowest BCUT2D eigenvalue weighted by atomic mass is 10.3. The van der Waals surface area contributed by atoms with Gasteiger partial charge in [0.1, 0.15) is 0 Å². The van der Waals surface area contributed by atoms with E-state index >= 15 is 0 Å². The van der Waals surface area contributed by atoms with E-state index in [4.69, 9.17) is 27.9 Å². The molecule has 0 amide bonds. The van der Waals surface area contributed by atoms with Crippen molar-refractivity contribution in [2.45, 2.75) is 12.8 Å². The molecule has 0 aliphatic rings. The zero-order valence-corrected chi connectivity index (χ0v) is 7.12. The molecule has 0 N–H and O–H groups in total. The molecule has 0 aromatic rings. The quantitative estimate of drug-likeness (QED) is 0.358. The lowest BCUT2D eigenvalue weighted by molar-refractivity contribution is -0.112. The highest BCUT2D eigenvalue weighted by molar-refractivity contribution is 6.63. The number of rotatable bonds is 6. The van der Waals surface area contributed by atoms with Crippen LogP contribution >= 0.6 is 23.2 Å². The first-order valence-corrected chi connectivity index (χ1v) is 4.00. The van der Waals surface area contributed by atoms with Gasteiger partial charge in [0.2, 0.25) is 5.24 Å². The summed E-state index contributed by atoms with van der Waals surface area (Å²) in [5, 5.41) is -0.311. The monoisotopic (exact) mass is 184 g/mol. The maximum Gasteiger partial charge on any atom is 0.221 e. The van der Waals surface area contributed by atoms with E-state index in [2.05, 4.69) is 0 Å². The Morgan fingerprint density at radius 2 is 2.10 bits per heavy atom. The molecule has 4 heteroatoms. The maximum absolute atomic E-state index is 10.2. The van der Waals surface area contributed by atoms with Crippen molar-refractivity contribution in [1.29, 1.82) is 0 Å². The number of halogens is 2. The smallest absolute Gasteiger partial charge is 0.221 e. The highest BCUT2D eigenvalue weighted by Crippen LogP contribution is 1.94. The fraction of sp³-hybridized carbons (Fsp3) is 0.833. The van der Waals surface area contributed by atoms with E-state index in [-0.39, 0.29) is 5.24 Å². The number of alkyl halides is 1. The minimum Gasteiger partial charge on any atom is -0.380 e. The van der Waals surface area contributed by atoms with Crippen LogP contribution in [0, 0.1) is 0 Å². The second-order valence-corrected chi connectivity index (χ2v) is 2.56. The summed E-state index contributed by atoms with van der Waals surface area (Å²) in [6.45, 7) is 1.10. The van der Waals surface area contributed by atoms with Crippen LogP contribution in [0.1, 0.15) is 12.8 Å². The van der Waals surface area contributed by atoms with Crippen molar-refractivity contribution < 1.29 is 9.53 Å². The van der Waals surface area contributed by atoms with Gasteiger partial charge >= 0.3 is 0 Å². The van der Waals surface area contributed by atoms with E-state index in [0.717, 1.165) is 0 Å². The Bertz CT molecular complexity index is 95.7. The summed E-state index contributed by atoms with van der Waals surface area (Å²) in [6, 6.07) is 0. The molecule has 0 fully saturated rings. The SMILES string of the molecule is O=C(Cl)CCCOCCCl. The summed E-state index contributed by atoms with van der Waals surface area (Å²) in [6.07, 6.45) is 1.06. The van der Waals surface area contributed by atoms with Gasteiger partial charge in [0.05, 0.1) is 6.61 Å². The zero-order valence-electron chi connectivity index (χ0n) is 5.61. The molecule has 0 saturated carbocycles. The van der Waals surface area contributed by atoms with E-state index < -0.39 is 0 Å². The predicted octanol–water partition coefficient (Wildman–Crippen LogP) is 1.79. The summed E-state index contributed by atoms with van der Waals surface area (Å²) in [4.78, 5) is 10.2. The van der Waals surface area contributed by atoms with E-state index in [0.29, 0.717) is 31.9 Å². The fourth-order valence-electron chi connectivity index (χ4n) is 0.470. The van der Waals surface area contributed by atoms with E-state index in [1.54, 1.807) is 0 Å².